The monoisotopic (exact) mass is 349 g/mol. The van der Waals surface area contributed by atoms with Crippen molar-refractivity contribution in [3.05, 3.63) is 70.1 Å². The summed E-state index contributed by atoms with van der Waals surface area (Å²) in [7, 11) is 0. The van der Waals surface area contributed by atoms with Gasteiger partial charge < -0.3 is 5.32 Å². The van der Waals surface area contributed by atoms with Crippen molar-refractivity contribution in [2.24, 2.45) is 0 Å². The second kappa shape index (κ2) is 6.53. The van der Waals surface area contributed by atoms with Crippen LogP contribution in [-0.2, 0) is 0 Å². The van der Waals surface area contributed by atoms with Crippen molar-refractivity contribution in [2.45, 2.75) is 0 Å². The molecule has 0 aliphatic heterocycles. The average molecular weight is 351 g/mol. The zero-order valence-corrected chi connectivity index (χ0v) is 13.5. The Balaban J connectivity index is 2.00. The fourth-order valence-electron chi connectivity index (χ4n) is 1.97. The van der Waals surface area contributed by atoms with E-state index in [2.05, 4.69) is 15.3 Å². The maximum absolute atomic E-state index is 5.93. The molecule has 0 radical (unpaired) electrons. The molecule has 3 aromatic rings. The fourth-order valence-corrected chi connectivity index (χ4v) is 2.35. The highest BCUT2D eigenvalue weighted by Gasteiger charge is 2.09. The molecular formula is C16H10Cl3N3. The van der Waals surface area contributed by atoms with Crippen LogP contribution in [0.1, 0.15) is 0 Å². The molecule has 0 aliphatic rings. The molecule has 0 saturated carbocycles. The molecule has 1 heterocycles. The third kappa shape index (κ3) is 3.50. The van der Waals surface area contributed by atoms with Crippen molar-refractivity contribution in [1.82, 2.24) is 9.97 Å². The Morgan fingerprint density at radius 2 is 1.36 bits per heavy atom. The van der Waals surface area contributed by atoms with Crippen molar-refractivity contribution >= 4 is 46.3 Å². The lowest BCUT2D eigenvalue weighted by molar-refractivity contribution is 1.17. The van der Waals surface area contributed by atoms with Crippen LogP contribution < -0.4 is 5.32 Å². The summed E-state index contributed by atoms with van der Waals surface area (Å²) in [5, 5.41) is 4.74. The normalized spacial score (nSPS) is 10.5. The molecule has 0 atom stereocenters. The smallest absolute Gasteiger partial charge is 0.224 e. The number of nitrogens with zero attached hydrogens (tertiary/aromatic N) is 2. The van der Waals surface area contributed by atoms with Gasteiger partial charge in [-0.05, 0) is 53.6 Å². The van der Waals surface area contributed by atoms with Gasteiger partial charge in [0.15, 0.2) is 0 Å². The standard InChI is InChI=1S/C16H10Cl3N3/c17-11-3-1-10(2-4-11)14-9-20-16(19)22-15(14)21-13-7-5-12(18)6-8-13/h1-9H,(H,20,21,22). The number of aromatic nitrogens is 2. The van der Waals surface area contributed by atoms with E-state index in [9.17, 15) is 0 Å². The van der Waals surface area contributed by atoms with Gasteiger partial charge in [0.2, 0.25) is 5.28 Å². The first kappa shape index (κ1) is 15.1. The average Bonchev–Trinajstić information content (AvgIpc) is 2.51. The molecule has 6 heteroatoms. The van der Waals surface area contributed by atoms with Crippen LogP contribution in [0.25, 0.3) is 11.1 Å². The highest BCUT2D eigenvalue weighted by atomic mass is 35.5. The number of nitrogens with one attached hydrogen (secondary N) is 1. The summed E-state index contributed by atoms with van der Waals surface area (Å²) < 4.78 is 0. The van der Waals surface area contributed by atoms with Crippen LogP contribution in [0, 0.1) is 0 Å². The van der Waals surface area contributed by atoms with Crippen molar-refractivity contribution in [1.29, 1.82) is 0 Å². The molecule has 22 heavy (non-hydrogen) atoms. The summed E-state index contributed by atoms with van der Waals surface area (Å²) in [5.74, 6) is 0.615. The van der Waals surface area contributed by atoms with E-state index in [0.717, 1.165) is 16.8 Å². The maximum atomic E-state index is 5.93. The Morgan fingerprint density at radius 3 is 2.00 bits per heavy atom. The van der Waals surface area contributed by atoms with Crippen LogP contribution in [0.5, 0.6) is 0 Å². The van der Waals surface area contributed by atoms with E-state index >= 15 is 0 Å². The Labute approximate surface area is 142 Å². The zero-order chi connectivity index (χ0) is 15.5. The Bertz CT molecular complexity index is 787. The molecular weight excluding hydrogens is 341 g/mol. The maximum Gasteiger partial charge on any atom is 0.224 e. The van der Waals surface area contributed by atoms with E-state index in [-0.39, 0.29) is 5.28 Å². The molecule has 0 saturated heterocycles. The van der Waals surface area contributed by atoms with Gasteiger partial charge in [0, 0.05) is 27.5 Å². The summed E-state index contributed by atoms with van der Waals surface area (Å²) in [5.41, 5.74) is 2.63. The number of rotatable bonds is 3. The molecule has 1 N–H and O–H groups in total. The van der Waals surface area contributed by atoms with Crippen LogP contribution in [-0.4, -0.2) is 9.97 Å². The number of hydrogen-bond donors (Lipinski definition) is 1. The minimum atomic E-state index is 0.175. The van der Waals surface area contributed by atoms with Crippen LogP contribution in [0.3, 0.4) is 0 Å². The van der Waals surface area contributed by atoms with E-state index in [4.69, 9.17) is 34.8 Å². The quantitative estimate of drug-likeness (QED) is 0.602. The Hall–Kier alpha value is -1.81. The first-order chi connectivity index (χ1) is 10.6. The van der Waals surface area contributed by atoms with E-state index in [1.165, 1.54) is 0 Å². The van der Waals surface area contributed by atoms with Crippen LogP contribution in [0.15, 0.2) is 54.7 Å². The minimum absolute atomic E-state index is 0.175. The Kier molecular flexibility index (Phi) is 4.48. The highest BCUT2D eigenvalue weighted by Crippen LogP contribution is 2.30. The molecule has 0 spiro atoms. The lowest BCUT2D eigenvalue weighted by Gasteiger charge is -2.11. The highest BCUT2D eigenvalue weighted by molar-refractivity contribution is 6.31. The first-order valence-electron chi connectivity index (χ1n) is 6.43. The van der Waals surface area contributed by atoms with Gasteiger partial charge in [0.25, 0.3) is 0 Å². The molecule has 1 aromatic heterocycles. The summed E-state index contributed by atoms with van der Waals surface area (Å²) >= 11 is 17.7. The van der Waals surface area contributed by atoms with Gasteiger partial charge in [-0.2, -0.15) is 4.98 Å². The Morgan fingerprint density at radius 1 is 0.773 bits per heavy atom. The number of anilines is 2. The van der Waals surface area contributed by atoms with Crippen molar-refractivity contribution in [3.63, 3.8) is 0 Å². The van der Waals surface area contributed by atoms with Gasteiger partial charge in [0.05, 0.1) is 0 Å². The first-order valence-corrected chi connectivity index (χ1v) is 7.56. The fraction of sp³-hybridized carbons (Fsp3) is 0. The lowest BCUT2D eigenvalue weighted by Crippen LogP contribution is -1.98. The number of hydrogen-bond acceptors (Lipinski definition) is 3. The number of benzene rings is 2. The summed E-state index contributed by atoms with van der Waals surface area (Å²) in [6.07, 6.45) is 1.68. The molecule has 3 rings (SSSR count). The van der Waals surface area contributed by atoms with Gasteiger partial charge in [0.1, 0.15) is 5.82 Å². The van der Waals surface area contributed by atoms with Crippen molar-refractivity contribution in [2.75, 3.05) is 5.32 Å². The van der Waals surface area contributed by atoms with Crippen LogP contribution in [0.4, 0.5) is 11.5 Å². The molecule has 0 bridgehead atoms. The van der Waals surface area contributed by atoms with Gasteiger partial charge in [-0.25, -0.2) is 4.98 Å². The third-order valence-corrected chi connectivity index (χ3v) is 3.71. The predicted molar refractivity (Wildman–Crippen MR) is 92.2 cm³/mol. The second-order valence-corrected chi connectivity index (χ2v) is 5.75. The molecule has 0 amide bonds. The predicted octanol–water partition coefficient (Wildman–Crippen LogP) is 5.85. The molecule has 2 aromatic carbocycles. The van der Waals surface area contributed by atoms with Crippen molar-refractivity contribution in [3.8, 4) is 11.1 Å². The van der Waals surface area contributed by atoms with E-state index < -0.39 is 0 Å². The lowest BCUT2D eigenvalue weighted by atomic mass is 10.1. The molecule has 3 nitrogen and oxygen atoms in total. The van der Waals surface area contributed by atoms with Gasteiger partial charge >= 0.3 is 0 Å². The topological polar surface area (TPSA) is 37.8 Å². The van der Waals surface area contributed by atoms with Crippen molar-refractivity contribution < 1.29 is 0 Å². The van der Waals surface area contributed by atoms with E-state index in [1.807, 2.05) is 36.4 Å². The molecule has 110 valence electrons. The SMILES string of the molecule is Clc1ccc(Nc2nc(Cl)ncc2-c2ccc(Cl)cc2)cc1. The van der Waals surface area contributed by atoms with Gasteiger partial charge in [-0.1, -0.05) is 35.3 Å². The van der Waals surface area contributed by atoms with Gasteiger partial charge in [-0.15, -0.1) is 0 Å². The summed E-state index contributed by atoms with van der Waals surface area (Å²) in [4.78, 5) is 8.32. The summed E-state index contributed by atoms with van der Waals surface area (Å²) in [6.45, 7) is 0. The number of halogens is 3. The third-order valence-electron chi connectivity index (χ3n) is 3.02. The zero-order valence-electron chi connectivity index (χ0n) is 11.2. The van der Waals surface area contributed by atoms with Crippen LogP contribution in [0.2, 0.25) is 15.3 Å². The molecule has 0 fully saturated rings. The van der Waals surface area contributed by atoms with Crippen LogP contribution >= 0.6 is 34.8 Å². The summed E-state index contributed by atoms with van der Waals surface area (Å²) in [6, 6.07) is 14.8. The minimum Gasteiger partial charge on any atom is -0.340 e. The van der Waals surface area contributed by atoms with Gasteiger partial charge in [-0.3, -0.25) is 0 Å². The largest absolute Gasteiger partial charge is 0.340 e. The van der Waals surface area contributed by atoms with E-state index in [1.54, 1.807) is 18.3 Å². The molecule has 0 unspecified atom stereocenters. The molecule has 0 aliphatic carbocycles. The second-order valence-electron chi connectivity index (χ2n) is 4.54. The van der Waals surface area contributed by atoms with E-state index in [0.29, 0.717) is 15.9 Å².